The van der Waals surface area contributed by atoms with Crippen molar-refractivity contribution in [2.75, 3.05) is 13.2 Å². The summed E-state index contributed by atoms with van der Waals surface area (Å²) >= 11 is 9.50. The lowest BCUT2D eigenvalue weighted by molar-refractivity contribution is 0.119. The van der Waals surface area contributed by atoms with E-state index >= 15 is 0 Å². The second kappa shape index (κ2) is 7.17. The number of aromatic nitrogens is 2. The van der Waals surface area contributed by atoms with Gasteiger partial charge in [0, 0.05) is 11.1 Å². The number of benzene rings is 1. The van der Waals surface area contributed by atoms with Crippen LogP contribution in [0.15, 0.2) is 27.2 Å². The van der Waals surface area contributed by atoms with Crippen LogP contribution in [-0.2, 0) is 4.74 Å². The maximum atomic E-state index is 6.12. The molecule has 0 spiro atoms. The summed E-state index contributed by atoms with van der Waals surface area (Å²) in [5.74, 6) is 0.754. The Morgan fingerprint density at radius 1 is 1.50 bits per heavy atom. The van der Waals surface area contributed by atoms with Crippen molar-refractivity contribution in [3.63, 3.8) is 0 Å². The molecule has 0 saturated heterocycles. The van der Waals surface area contributed by atoms with Crippen LogP contribution in [0.1, 0.15) is 25.2 Å². The third-order valence-electron chi connectivity index (χ3n) is 2.58. The predicted octanol–water partition coefficient (Wildman–Crippen LogP) is 3.58. The van der Waals surface area contributed by atoms with Gasteiger partial charge >= 0.3 is 0 Å². The molecule has 2 N–H and O–H groups in total. The van der Waals surface area contributed by atoms with E-state index in [1.807, 2.05) is 19.1 Å². The number of hydrogen-bond acceptors (Lipinski definition) is 5. The Bertz CT molecular complexity index is 576. The zero-order chi connectivity index (χ0) is 14.5. The van der Waals surface area contributed by atoms with Gasteiger partial charge in [-0.05, 0) is 24.6 Å². The zero-order valence-corrected chi connectivity index (χ0v) is 13.3. The molecule has 0 aliphatic heterocycles. The fourth-order valence-electron chi connectivity index (χ4n) is 1.59. The Balaban J connectivity index is 2.14. The Morgan fingerprint density at radius 2 is 2.30 bits per heavy atom. The molecule has 1 aromatic heterocycles. The lowest BCUT2D eigenvalue weighted by Gasteiger charge is -2.06. The Labute approximate surface area is 130 Å². The molecule has 0 fully saturated rings. The molecule has 1 unspecified atom stereocenters. The molecule has 0 aliphatic carbocycles. The highest BCUT2D eigenvalue weighted by Gasteiger charge is 2.17. The summed E-state index contributed by atoms with van der Waals surface area (Å²) in [7, 11) is 0. The quantitative estimate of drug-likeness (QED) is 0.797. The highest BCUT2D eigenvalue weighted by Crippen LogP contribution is 2.29. The van der Waals surface area contributed by atoms with Gasteiger partial charge in [0.25, 0.3) is 5.89 Å². The van der Waals surface area contributed by atoms with Gasteiger partial charge in [0.05, 0.1) is 23.2 Å². The van der Waals surface area contributed by atoms with Gasteiger partial charge in [0.2, 0.25) is 0 Å². The van der Waals surface area contributed by atoms with E-state index in [0.717, 1.165) is 10.9 Å². The smallest absolute Gasteiger partial charge is 0.259 e. The molecule has 2 aromatic rings. The largest absolute Gasteiger partial charge is 0.379 e. The minimum Gasteiger partial charge on any atom is -0.379 e. The van der Waals surface area contributed by atoms with Gasteiger partial charge in [0.1, 0.15) is 0 Å². The Morgan fingerprint density at radius 3 is 3.05 bits per heavy atom. The molecule has 0 radical (unpaired) electrons. The molecule has 1 heterocycles. The van der Waals surface area contributed by atoms with E-state index in [0.29, 0.717) is 35.5 Å². The number of rotatable bonds is 6. The fourth-order valence-corrected chi connectivity index (χ4v) is 2.14. The third-order valence-corrected chi connectivity index (χ3v) is 3.40. The molecule has 5 nitrogen and oxygen atoms in total. The van der Waals surface area contributed by atoms with Gasteiger partial charge in [-0.1, -0.05) is 39.6 Å². The van der Waals surface area contributed by atoms with E-state index < -0.39 is 6.04 Å². The van der Waals surface area contributed by atoms with Crippen LogP contribution in [0.4, 0.5) is 0 Å². The van der Waals surface area contributed by atoms with Crippen molar-refractivity contribution < 1.29 is 9.26 Å². The number of nitrogens with zero attached hydrogens (tertiary/aromatic N) is 2. The first-order chi connectivity index (χ1) is 9.61. The summed E-state index contributed by atoms with van der Waals surface area (Å²) in [5.41, 5.74) is 6.61. The first-order valence-electron chi connectivity index (χ1n) is 6.24. The van der Waals surface area contributed by atoms with Gasteiger partial charge in [-0.2, -0.15) is 4.98 Å². The van der Waals surface area contributed by atoms with E-state index in [1.54, 1.807) is 6.07 Å². The van der Waals surface area contributed by atoms with Gasteiger partial charge < -0.3 is 15.0 Å². The predicted molar refractivity (Wildman–Crippen MR) is 80.5 cm³/mol. The molecule has 108 valence electrons. The van der Waals surface area contributed by atoms with Crippen LogP contribution < -0.4 is 5.73 Å². The van der Waals surface area contributed by atoms with Crippen molar-refractivity contribution in [1.29, 1.82) is 0 Å². The number of halogens is 2. The van der Waals surface area contributed by atoms with Crippen molar-refractivity contribution in [3.05, 3.63) is 33.5 Å². The Kier molecular flexibility index (Phi) is 5.54. The molecular weight excluding hydrogens is 346 g/mol. The summed E-state index contributed by atoms with van der Waals surface area (Å²) in [4.78, 5) is 4.27. The SMILES string of the molecule is CCCOCC(N)c1noc(-c2cc(Br)ccc2Cl)n1. The first-order valence-corrected chi connectivity index (χ1v) is 7.41. The van der Waals surface area contributed by atoms with Crippen LogP contribution in [0.3, 0.4) is 0 Å². The molecule has 7 heteroatoms. The molecule has 1 aromatic carbocycles. The van der Waals surface area contributed by atoms with E-state index in [1.165, 1.54) is 0 Å². The summed E-state index contributed by atoms with van der Waals surface area (Å²) in [6.07, 6.45) is 0.942. The third kappa shape index (κ3) is 3.79. The molecule has 1 atom stereocenters. The maximum Gasteiger partial charge on any atom is 0.259 e. The topological polar surface area (TPSA) is 74.2 Å². The summed E-state index contributed by atoms with van der Waals surface area (Å²) in [5, 5.41) is 4.42. The zero-order valence-electron chi connectivity index (χ0n) is 11.0. The monoisotopic (exact) mass is 359 g/mol. The van der Waals surface area contributed by atoms with Crippen LogP contribution in [0.2, 0.25) is 5.02 Å². The summed E-state index contributed by atoms with van der Waals surface area (Å²) in [6.45, 7) is 3.06. The van der Waals surface area contributed by atoms with Crippen molar-refractivity contribution in [3.8, 4) is 11.5 Å². The minimum absolute atomic E-state index is 0.345. The van der Waals surface area contributed by atoms with Crippen LogP contribution in [0.5, 0.6) is 0 Å². The van der Waals surface area contributed by atoms with Crippen LogP contribution in [-0.4, -0.2) is 23.4 Å². The molecule has 0 bridgehead atoms. The fraction of sp³-hybridized carbons (Fsp3) is 0.385. The van der Waals surface area contributed by atoms with Gasteiger partial charge in [0.15, 0.2) is 5.82 Å². The number of hydrogen-bond donors (Lipinski definition) is 1. The molecular formula is C13H15BrClN3O2. The van der Waals surface area contributed by atoms with Crippen molar-refractivity contribution >= 4 is 27.5 Å². The number of ether oxygens (including phenoxy) is 1. The van der Waals surface area contributed by atoms with Crippen molar-refractivity contribution in [1.82, 2.24) is 10.1 Å². The van der Waals surface area contributed by atoms with E-state index in [4.69, 9.17) is 26.6 Å². The average Bonchev–Trinajstić information content (AvgIpc) is 2.91. The van der Waals surface area contributed by atoms with Gasteiger partial charge in [-0.3, -0.25) is 0 Å². The lowest BCUT2D eigenvalue weighted by Crippen LogP contribution is -2.18. The van der Waals surface area contributed by atoms with Crippen LogP contribution in [0.25, 0.3) is 11.5 Å². The second-order valence-electron chi connectivity index (χ2n) is 4.26. The normalized spacial score (nSPS) is 12.6. The van der Waals surface area contributed by atoms with Crippen molar-refractivity contribution in [2.24, 2.45) is 5.73 Å². The number of nitrogens with two attached hydrogens (primary N) is 1. The molecule has 20 heavy (non-hydrogen) atoms. The van der Waals surface area contributed by atoms with Gasteiger partial charge in [-0.25, -0.2) is 0 Å². The van der Waals surface area contributed by atoms with Gasteiger partial charge in [-0.15, -0.1) is 0 Å². The molecule has 2 rings (SSSR count). The standard InChI is InChI=1S/C13H15BrClN3O2/c1-2-5-19-7-11(16)12-17-13(20-18-12)9-6-8(14)3-4-10(9)15/h3-4,6,11H,2,5,7,16H2,1H3. The average molecular weight is 361 g/mol. The molecule has 0 aliphatic rings. The van der Waals surface area contributed by atoms with E-state index in [2.05, 4.69) is 26.1 Å². The molecule has 0 amide bonds. The maximum absolute atomic E-state index is 6.12. The first kappa shape index (κ1) is 15.4. The summed E-state index contributed by atoms with van der Waals surface area (Å²) < 4.78 is 11.5. The van der Waals surface area contributed by atoms with Crippen molar-refractivity contribution in [2.45, 2.75) is 19.4 Å². The van der Waals surface area contributed by atoms with Crippen LogP contribution in [0, 0.1) is 0 Å². The van der Waals surface area contributed by atoms with E-state index in [9.17, 15) is 0 Å². The van der Waals surface area contributed by atoms with Crippen LogP contribution >= 0.6 is 27.5 Å². The Hall–Kier alpha value is -0.950. The van der Waals surface area contributed by atoms with E-state index in [-0.39, 0.29) is 0 Å². The lowest BCUT2D eigenvalue weighted by atomic mass is 10.2. The second-order valence-corrected chi connectivity index (χ2v) is 5.59. The minimum atomic E-state index is -0.412. The highest BCUT2D eigenvalue weighted by atomic mass is 79.9. The highest BCUT2D eigenvalue weighted by molar-refractivity contribution is 9.10. The summed E-state index contributed by atoms with van der Waals surface area (Å²) in [6, 6.07) is 5.01. The molecule has 0 saturated carbocycles.